The van der Waals surface area contributed by atoms with E-state index in [2.05, 4.69) is 20.2 Å². The molecule has 0 unspecified atom stereocenters. The van der Waals surface area contributed by atoms with E-state index >= 15 is 0 Å². The van der Waals surface area contributed by atoms with Gasteiger partial charge < -0.3 is 0 Å². The Morgan fingerprint density at radius 3 is 2.89 bits per heavy atom. The summed E-state index contributed by atoms with van der Waals surface area (Å²) in [5, 5.41) is 6.93. The third-order valence-corrected chi connectivity index (χ3v) is 2.60. The van der Waals surface area contributed by atoms with Crippen LogP contribution < -0.4 is 0 Å². The van der Waals surface area contributed by atoms with Gasteiger partial charge in [-0.3, -0.25) is 5.10 Å². The van der Waals surface area contributed by atoms with Crippen LogP contribution in [0.25, 0.3) is 22.5 Å². The van der Waals surface area contributed by atoms with Crippen molar-refractivity contribution >= 4 is 0 Å². The SMILES string of the molecule is Fc1cccc(-c2n[nH]cc2-c2ccncn2)c1. The van der Waals surface area contributed by atoms with Gasteiger partial charge in [0.25, 0.3) is 0 Å². The van der Waals surface area contributed by atoms with Gasteiger partial charge in [-0.1, -0.05) is 12.1 Å². The summed E-state index contributed by atoms with van der Waals surface area (Å²) in [7, 11) is 0. The third kappa shape index (κ3) is 1.86. The second kappa shape index (κ2) is 4.37. The Labute approximate surface area is 103 Å². The highest BCUT2D eigenvalue weighted by molar-refractivity contribution is 5.78. The molecule has 1 aromatic carbocycles. The van der Waals surface area contributed by atoms with Crippen LogP contribution in [0.1, 0.15) is 0 Å². The molecule has 0 amide bonds. The topological polar surface area (TPSA) is 54.5 Å². The Hall–Kier alpha value is -2.56. The van der Waals surface area contributed by atoms with Crippen molar-refractivity contribution < 1.29 is 4.39 Å². The number of benzene rings is 1. The molecule has 2 heterocycles. The fourth-order valence-electron chi connectivity index (χ4n) is 1.79. The van der Waals surface area contributed by atoms with E-state index in [1.54, 1.807) is 24.5 Å². The summed E-state index contributed by atoms with van der Waals surface area (Å²) in [6.45, 7) is 0. The fourth-order valence-corrected chi connectivity index (χ4v) is 1.79. The minimum Gasteiger partial charge on any atom is -0.284 e. The zero-order valence-corrected chi connectivity index (χ0v) is 9.34. The largest absolute Gasteiger partial charge is 0.284 e. The number of halogens is 1. The molecule has 3 rings (SSSR count). The smallest absolute Gasteiger partial charge is 0.123 e. The van der Waals surface area contributed by atoms with E-state index in [-0.39, 0.29) is 5.82 Å². The third-order valence-electron chi connectivity index (χ3n) is 2.60. The standard InChI is InChI=1S/C13H9FN4/c14-10-3-1-2-9(6-10)13-11(7-17-18-13)12-4-5-15-8-16-12/h1-8H,(H,17,18). The lowest BCUT2D eigenvalue weighted by Gasteiger charge is -2.01. The number of H-pyrrole nitrogens is 1. The van der Waals surface area contributed by atoms with Gasteiger partial charge in [0.15, 0.2) is 0 Å². The van der Waals surface area contributed by atoms with Crippen molar-refractivity contribution in [2.45, 2.75) is 0 Å². The molecule has 3 aromatic rings. The highest BCUT2D eigenvalue weighted by atomic mass is 19.1. The summed E-state index contributed by atoms with van der Waals surface area (Å²) in [5.41, 5.74) is 2.96. The number of nitrogens with one attached hydrogen (secondary N) is 1. The summed E-state index contributed by atoms with van der Waals surface area (Å²) >= 11 is 0. The van der Waals surface area contributed by atoms with E-state index in [9.17, 15) is 4.39 Å². The number of hydrogen-bond acceptors (Lipinski definition) is 3. The maximum Gasteiger partial charge on any atom is 0.123 e. The van der Waals surface area contributed by atoms with E-state index in [0.29, 0.717) is 11.3 Å². The van der Waals surface area contributed by atoms with Crippen molar-refractivity contribution in [3.05, 3.63) is 54.9 Å². The van der Waals surface area contributed by atoms with Gasteiger partial charge in [-0.05, 0) is 18.2 Å². The Morgan fingerprint density at radius 1 is 1.17 bits per heavy atom. The molecule has 18 heavy (non-hydrogen) atoms. The van der Waals surface area contributed by atoms with Crippen molar-refractivity contribution in [3.63, 3.8) is 0 Å². The summed E-state index contributed by atoms with van der Waals surface area (Å²) in [4.78, 5) is 8.03. The van der Waals surface area contributed by atoms with E-state index < -0.39 is 0 Å². The lowest BCUT2D eigenvalue weighted by atomic mass is 10.1. The van der Waals surface area contributed by atoms with Gasteiger partial charge in [-0.2, -0.15) is 5.10 Å². The molecule has 0 fully saturated rings. The molecule has 0 aliphatic carbocycles. The molecule has 0 atom stereocenters. The summed E-state index contributed by atoms with van der Waals surface area (Å²) < 4.78 is 13.2. The number of hydrogen-bond donors (Lipinski definition) is 1. The maximum atomic E-state index is 13.2. The van der Waals surface area contributed by atoms with E-state index in [4.69, 9.17) is 0 Å². The van der Waals surface area contributed by atoms with Crippen LogP contribution in [0.3, 0.4) is 0 Å². The van der Waals surface area contributed by atoms with Gasteiger partial charge in [0.1, 0.15) is 17.8 Å². The Balaban J connectivity index is 2.13. The Kier molecular flexibility index (Phi) is 2.57. The molecule has 0 aliphatic rings. The first-order chi connectivity index (χ1) is 8.84. The van der Waals surface area contributed by atoms with Crippen molar-refractivity contribution in [1.82, 2.24) is 20.2 Å². The first kappa shape index (κ1) is 10.6. The summed E-state index contributed by atoms with van der Waals surface area (Å²) in [6.07, 6.45) is 4.87. The van der Waals surface area contributed by atoms with E-state index in [1.165, 1.54) is 18.5 Å². The van der Waals surface area contributed by atoms with Crippen LogP contribution in [0, 0.1) is 5.82 Å². The van der Waals surface area contributed by atoms with Crippen molar-refractivity contribution in [3.8, 4) is 22.5 Å². The molecule has 0 aliphatic heterocycles. The average Bonchev–Trinajstić information content (AvgIpc) is 2.89. The van der Waals surface area contributed by atoms with Crippen LogP contribution in [-0.4, -0.2) is 20.2 Å². The van der Waals surface area contributed by atoms with Crippen LogP contribution in [0.15, 0.2) is 49.1 Å². The van der Waals surface area contributed by atoms with Crippen LogP contribution in [0.5, 0.6) is 0 Å². The van der Waals surface area contributed by atoms with Gasteiger partial charge in [0.05, 0.1) is 5.69 Å². The van der Waals surface area contributed by atoms with Crippen LogP contribution >= 0.6 is 0 Å². The fraction of sp³-hybridized carbons (Fsp3) is 0. The van der Waals surface area contributed by atoms with Crippen LogP contribution in [-0.2, 0) is 0 Å². The molecule has 88 valence electrons. The van der Waals surface area contributed by atoms with Crippen LogP contribution in [0.4, 0.5) is 4.39 Å². The minimum absolute atomic E-state index is 0.288. The zero-order valence-electron chi connectivity index (χ0n) is 9.34. The quantitative estimate of drug-likeness (QED) is 0.749. The molecular formula is C13H9FN4. The second-order valence-corrected chi connectivity index (χ2v) is 3.75. The Morgan fingerprint density at radius 2 is 2.11 bits per heavy atom. The number of aromatic amines is 1. The van der Waals surface area contributed by atoms with Gasteiger partial charge in [0, 0.05) is 23.5 Å². The first-order valence-electron chi connectivity index (χ1n) is 5.41. The van der Waals surface area contributed by atoms with E-state index in [1.807, 2.05) is 6.07 Å². The molecule has 0 saturated carbocycles. The Bertz CT molecular complexity index is 664. The highest BCUT2D eigenvalue weighted by Gasteiger charge is 2.11. The molecule has 0 bridgehead atoms. The molecule has 4 nitrogen and oxygen atoms in total. The molecule has 1 N–H and O–H groups in total. The number of rotatable bonds is 2. The summed E-state index contributed by atoms with van der Waals surface area (Å²) in [5.74, 6) is -0.288. The number of aromatic nitrogens is 4. The second-order valence-electron chi connectivity index (χ2n) is 3.75. The van der Waals surface area contributed by atoms with Gasteiger partial charge in [-0.25, -0.2) is 14.4 Å². The lowest BCUT2D eigenvalue weighted by Crippen LogP contribution is -1.87. The van der Waals surface area contributed by atoms with Crippen LogP contribution in [0.2, 0.25) is 0 Å². The molecule has 0 radical (unpaired) electrons. The molecule has 0 saturated heterocycles. The first-order valence-corrected chi connectivity index (χ1v) is 5.41. The number of nitrogens with zero attached hydrogens (tertiary/aromatic N) is 3. The molecule has 5 heteroatoms. The monoisotopic (exact) mass is 240 g/mol. The predicted molar refractivity (Wildman–Crippen MR) is 65.0 cm³/mol. The molecule has 0 spiro atoms. The van der Waals surface area contributed by atoms with Crippen molar-refractivity contribution in [2.24, 2.45) is 0 Å². The van der Waals surface area contributed by atoms with Gasteiger partial charge in [0.2, 0.25) is 0 Å². The van der Waals surface area contributed by atoms with Crippen molar-refractivity contribution in [1.29, 1.82) is 0 Å². The zero-order chi connectivity index (χ0) is 12.4. The van der Waals surface area contributed by atoms with Gasteiger partial charge in [-0.15, -0.1) is 0 Å². The summed E-state index contributed by atoms with van der Waals surface area (Å²) in [6, 6.07) is 8.10. The molecule has 2 aromatic heterocycles. The highest BCUT2D eigenvalue weighted by Crippen LogP contribution is 2.28. The normalized spacial score (nSPS) is 10.5. The average molecular weight is 240 g/mol. The minimum atomic E-state index is -0.288. The molecular weight excluding hydrogens is 231 g/mol. The lowest BCUT2D eigenvalue weighted by molar-refractivity contribution is 0.628. The predicted octanol–water partition coefficient (Wildman–Crippen LogP) is 2.67. The van der Waals surface area contributed by atoms with Gasteiger partial charge >= 0.3 is 0 Å². The van der Waals surface area contributed by atoms with Crippen molar-refractivity contribution in [2.75, 3.05) is 0 Å². The maximum absolute atomic E-state index is 13.2. The van der Waals surface area contributed by atoms with E-state index in [0.717, 1.165) is 11.3 Å².